The molecule has 2 fully saturated rings. The Labute approximate surface area is 107 Å². The van der Waals surface area contributed by atoms with Crippen LogP contribution in [0.25, 0.3) is 0 Å². The third kappa shape index (κ3) is 2.67. The fourth-order valence-electron chi connectivity index (χ4n) is 3.77. The Morgan fingerprint density at radius 1 is 1.06 bits per heavy atom. The first-order valence-corrected chi connectivity index (χ1v) is 7.20. The molecule has 0 aromatic rings. The van der Waals surface area contributed by atoms with Crippen LogP contribution in [0, 0.1) is 0 Å². The SMILES string of the molecule is CC(C)N1CCC(N2CCN(C)CC2C)C1C. The van der Waals surface area contributed by atoms with Crippen LogP contribution in [0.2, 0.25) is 0 Å². The summed E-state index contributed by atoms with van der Waals surface area (Å²) in [7, 11) is 2.24. The minimum atomic E-state index is 0.692. The van der Waals surface area contributed by atoms with Crippen LogP contribution in [0.1, 0.15) is 34.1 Å². The summed E-state index contributed by atoms with van der Waals surface area (Å²) < 4.78 is 0. The Morgan fingerprint density at radius 3 is 2.29 bits per heavy atom. The Balaban J connectivity index is 1.99. The number of rotatable bonds is 2. The van der Waals surface area contributed by atoms with Gasteiger partial charge in [-0.05, 0) is 41.2 Å². The molecule has 3 nitrogen and oxygen atoms in total. The summed E-state index contributed by atoms with van der Waals surface area (Å²) in [4.78, 5) is 7.88. The van der Waals surface area contributed by atoms with E-state index in [9.17, 15) is 0 Å². The van der Waals surface area contributed by atoms with Gasteiger partial charge in [0, 0.05) is 50.3 Å². The molecular formula is C14H29N3. The van der Waals surface area contributed by atoms with Crippen molar-refractivity contribution in [2.24, 2.45) is 0 Å². The largest absolute Gasteiger partial charge is 0.304 e. The van der Waals surface area contributed by atoms with Gasteiger partial charge in [-0.25, -0.2) is 0 Å². The van der Waals surface area contributed by atoms with E-state index in [1.54, 1.807) is 0 Å². The van der Waals surface area contributed by atoms with Crippen LogP contribution in [-0.4, -0.2) is 72.1 Å². The highest BCUT2D eigenvalue weighted by Gasteiger charge is 2.38. The number of nitrogens with zero attached hydrogens (tertiary/aromatic N) is 3. The number of piperazine rings is 1. The molecular weight excluding hydrogens is 210 g/mol. The van der Waals surface area contributed by atoms with Crippen LogP contribution < -0.4 is 0 Å². The lowest BCUT2D eigenvalue weighted by Gasteiger charge is -2.44. The predicted molar refractivity (Wildman–Crippen MR) is 73.4 cm³/mol. The monoisotopic (exact) mass is 239 g/mol. The lowest BCUT2D eigenvalue weighted by atomic mass is 10.0. The van der Waals surface area contributed by atoms with E-state index in [1.807, 2.05) is 0 Å². The van der Waals surface area contributed by atoms with Crippen molar-refractivity contribution in [1.29, 1.82) is 0 Å². The van der Waals surface area contributed by atoms with Crippen LogP contribution >= 0.6 is 0 Å². The van der Waals surface area contributed by atoms with E-state index in [0.29, 0.717) is 12.1 Å². The first-order chi connectivity index (χ1) is 8.00. The van der Waals surface area contributed by atoms with Crippen LogP contribution in [-0.2, 0) is 0 Å². The van der Waals surface area contributed by atoms with E-state index in [0.717, 1.165) is 12.1 Å². The summed E-state index contributed by atoms with van der Waals surface area (Å²) in [6.45, 7) is 14.4. The van der Waals surface area contributed by atoms with E-state index in [1.165, 1.54) is 32.6 Å². The molecule has 0 aromatic carbocycles. The fraction of sp³-hybridized carbons (Fsp3) is 1.00. The highest BCUT2D eigenvalue weighted by Crippen LogP contribution is 2.27. The third-order valence-corrected chi connectivity index (χ3v) is 4.73. The van der Waals surface area contributed by atoms with Gasteiger partial charge in [0.25, 0.3) is 0 Å². The first kappa shape index (κ1) is 13.3. The first-order valence-electron chi connectivity index (χ1n) is 7.20. The molecule has 2 aliphatic rings. The average molecular weight is 239 g/mol. The van der Waals surface area contributed by atoms with Gasteiger partial charge in [0.15, 0.2) is 0 Å². The molecule has 0 N–H and O–H groups in total. The molecule has 3 atom stereocenters. The Kier molecular flexibility index (Phi) is 4.11. The predicted octanol–water partition coefficient (Wildman–Crippen LogP) is 1.49. The van der Waals surface area contributed by atoms with Gasteiger partial charge >= 0.3 is 0 Å². The van der Waals surface area contributed by atoms with Gasteiger partial charge in [-0.2, -0.15) is 0 Å². The zero-order valence-electron chi connectivity index (χ0n) is 12.2. The van der Waals surface area contributed by atoms with Crippen molar-refractivity contribution in [3.63, 3.8) is 0 Å². The summed E-state index contributed by atoms with van der Waals surface area (Å²) in [6.07, 6.45) is 1.35. The fourth-order valence-corrected chi connectivity index (χ4v) is 3.77. The van der Waals surface area contributed by atoms with Crippen molar-refractivity contribution in [3.05, 3.63) is 0 Å². The van der Waals surface area contributed by atoms with Gasteiger partial charge in [0.1, 0.15) is 0 Å². The topological polar surface area (TPSA) is 9.72 Å². The van der Waals surface area contributed by atoms with Gasteiger partial charge in [0.2, 0.25) is 0 Å². The second-order valence-electron chi connectivity index (χ2n) is 6.28. The van der Waals surface area contributed by atoms with Gasteiger partial charge in [-0.15, -0.1) is 0 Å². The van der Waals surface area contributed by atoms with E-state index >= 15 is 0 Å². The Morgan fingerprint density at radius 2 is 1.76 bits per heavy atom. The highest BCUT2D eigenvalue weighted by atomic mass is 15.3. The third-order valence-electron chi connectivity index (χ3n) is 4.73. The molecule has 0 aliphatic carbocycles. The maximum atomic E-state index is 2.76. The van der Waals surface area contributed by atoms with Crippen molar-refractivity contribution in [1.82, 2.24) is 14.7 Å². The molecule has 0 amide bonds. The lowest BCUT2D eigenvalue weighted by molar-refractivity contribution is 0.0442. The maximum Gasteiger partial charge on any atom is 0.0265 e. The highest BCUT2D eigenvalue weighted by molar-refractivity contribution is 4.95. The molecule has 2 aliphatic heterocycles. The van der Waals surface area contributed by atoms with Crippen molar-refractivity contribution < 1.29 is 0 Å². The molecule has 3 unspecified atom stereocenters. The standard InChI is InChI=1S/C14H29N3/c1-11(2)16-7-6-14(13(16)4)17-9-8-15(5)10-12(17)3/h11-14H,6-10H2,1-5H3. The lowest BCUT2D eigenvalue weighted by Crippen LogP contribution is -2.57. The molecule has 2 rings (SSSR count). The van der Waals surface area contributed by atoms with Crippen LogP contribution in [0.4, 0.5) is 0 Å². The molecule has 100 valence electrons. The van der Waals surface area contributed by atoms with Crippen molar-refractivity contribution >= 4 is 0 Å². The van der Waals surface area contributed by atoms with Crippen LogP contribution in [0.5, 0.6) is 0 Å². The van der Waals surface area contributed by atoms with Gasteiger partial charge in [0.05, 0.1) is 0 Å². The molecule has 3 heteroatoms. The second kappa shape index (κ2) is 5.25. The summed E-state index contributed by atoms with van der Waals surface area (Å²) in [5.74, 6) is 0. The second-order valence-corrected chi connectivity index (χ2v) is 6.28. The zero-order valence-corrected chi connectivity index (χ0v) is 12.2. The molecule has 17 heavy (non-hydrogen) atoms. The molecule has 0 aromatic heterocycles. The quantitative estimate of drug-likeness (QED) is 0.723. The van der Waals surface area contributed by atoms with Crippen molar-refractivity contribution in [3.8, 4) is 0 Å². The summed E-state index contributed by atoms with van der Waals surface area (Å²) in [5, 5.41) is 0. The molecule has 2 heterocycles. The molecule has 0 radical (unpaired) electrons. The smallest absolute Gasteiger partial charge is 0.0265 e. The Bertz CT molecular complexity index is 254. The van der Waals surface area contributed by atoms with Gasteiger partial charge < -0.3 is 4.90 Å². The summed E-state index contributed by atoms with van der Waals surface area (Å²) in [5.41, 5.74) is 0. The van der Waals surface area contributed by atoms with E-state index in [2.05, 4.69) is 49.4 Å². The number of likely N-dealkylation sites (N-methyl/N-ethyl adjacent to an activating group) is 1. The van der Waals surface area contributed by atoms with Crippen molar-refractivity contribution in [2.75, 3.05) is 33.2 Å². The normalized spacial score (nSPS) is 38.1. The van der Waals surface area contributed by atoms with E-state index in [-0.39, 0.29) is 0 Å². The summed E-state index contributed by atoms with van der Waals surface area (Å²) in [6, 6.07) is 2.91. The van der Waals surface area contributed by atoms with Gasteiger partial charge in [-0.3, -0.25) is 9.80 Å². The van der Waals surface area contributed by atoms with E-state index in [4.69, 9.17) is 0 Å². The number of hydrogen-bond donors (Lipinski definition) is 0. The minimum Gasteiger partial charge on any atom is -0.304 e. The molecule has 0 saturated carbocycles. The minimum absolute atomic E-state index is 0.692. The van der Waals surface area contributed by atoms with Gasteiger partial charge in [-0.1, -0.05) is 0 Å². The summed E-state index contributed by atoms with van der Waals surface area (Å²) >= 11 is 0. The molecule has 2 saturated heterocycles. The molecule has 0 spiro atoms. The van der Waals surface area contributed by atoms with Crippen LogP contribution in [0.15, 0.2) is 0 Å². The van der Waals surface area contributed by atoms with Crippen molar-refractivity contribution in [2.45, 2.75) is 58.3 Å². The number of likely N-dealkylation sites (tertiary alicyclic amines) is 1. The Hall–Kier alpha value is -0.120. The average Bonchev–Trinajstić information content (AvgIpc) is 2.60. The maximum absolute atomic E-state index is 2.76. The molecule has 0 bridgehead atoms. The zero-order chi connectivity index (χ0) is 12.6. The van der Waals surface area contributed by atoms with Crippen LogP contribution in [0.3, 0.4) is 0 Å². The number of hydrogen-bond acceptors (Lipinski definition) is 3. The van der Waals surface area contributed by atoms with E-state index < -0.39 is 0 Å².